The minimum atomic E-state index is -1.24. The molecule has 0 aliphatic carbocycles. The molecule has 0 saturated carbocycles. The minimum Gasteiger partial charge on any atom is -0.414 e. The van der Waals surface area contributed by atoms with Gasteiger partial charge in [0.05, 0.1) is 12.9 Å². The number of nitrogens with zero attached hydrogens (tertiary/aromatic N) is 4. The fourth-order valence-corrected chi connectivity index (χ4v) is 2.40. The average Bonchev–Trinajstić information content (AvgIpc) is 3.04. The highest BCUT2D eigenvalue weighted by atomic mass is 16.6. The number of aromatic nitrogens is 4. The standard InChI is InChI=1S/C11H15N5O5/c1-20-16-4-14-9(12)6-10(16)15(3-13-6)11-8(19)7(18)5(2-17)21-11/h3-5,7-8,11-12,17-19H,2H2,1H3/t5-,7-,8-,11-/m1/s1. The Labute approximate surface area is 118 Å². The van der Waals surface area contributed by atoms with Gasteiger partial charge >= 0.3 is 0 Å². The van der Waals surface area contributed by atoms with Crippen molar-refractivity contribution in [3.05, 3.63) is 18.1 Å². The molecule has 0 bridgehead atoms. The number of aliphatic hydroxyl groups is 3. The summed E-state index contributed by atoms with van der Waals surface area (Å²) in [6, 6.07) is 0. The summed E-state index contributed by atoms with van der Waals surface area (Å²) in [6.45, 7) is -0.420. The zero-order valence-electron chi connectivity index (χ0n) is 11.1. The number of aliphatic hydroxyl groups excluding tert-OH is 3. The summed E-state index contributed by atoms with van der Waals surface area (Å²) in [5, 5.41) is 36.8. The molecule has 1 aliphatic rings. The van der Waals surface area contributed by atoms with Gasteiger partial charge in [-0.2, -0.15) is 4.73 Å². The van der Waals surface area contributed by atoms with E-state index in [1.54, 1.807) is 0 Å². The third kappa shape index (κ3) is 2.00. The lowest BCUT2D eigenvalue weighted by atomic mass is 10.1. The Morgan fingerprint density at radius 2 is 2.10 bits per heavy atom. The molecule has 2 aromatic heterocycles. The molecule has 1 fully saturated rings. The van der Waals surface area contributed by atoms with Crippen molar-refractivity contribution in [1.82, 2.24) is 19.3 Å². The van der Waals surface area contributed by atoms with Crippen LogP contribution in [0.25, 0.3) is 11.2 Å². The third-order valence-corrected chi connectivity index (χ3v) is 3.48. The first-order valence-electron chi connectivity index (χ1n) is 6.24. The maximum absolute atomic E-state index is 10.1. The normalized spacial score (nSPS) is 29.1. The molecule has 3 heterocycles. The van der Waals surface area contributed by atoms with E-state index in [9.17, 15) is 10.2 Å². The van der Waals surface area contributed by atoms with Crippen LogP contribution in [-0.4, -0.2) is 66.6 Å². The highest BCUT2D eigenvalue weighted by Gasteiger charge is 2.44. The fourth-order valence-electron chi connectivity index (χ4n) is 2.40. The molecule has 21 heavy (non-hydrogen) atoms. The summed E-state index contributed by atoms with van der Waals surface area (Å²) >= 11 is 0. The zero-order chi connectivity index (χ0) is 15.1. The summed E-state index contributed by atoms with van der Waals surface area (Å²) in [4.78, 5) is 13.0. The molecule has 10 heteroatoms. The molecule has 0 spiro atoms. The van der Waals surface area contributed by atoms with Gasteiger partial charge in [-0.25, -0.2) is 9.97 Å². The molecule has 3 rings (SSSR count). The van der Waals surface area contributed by atoms with Crippen LogP contribution in [0.2, 0.25) is 0 Å². The van der Waals surface area contributed by atoms with Gasteiger partial charge in [0.2, 0.25) is 0 Å². The Hall–Kier alpha value is -2.01. The van der Waals surface area contributed by atoms with Crippen LogP contribution in [0.5, 0.6) is 0 Å². The van der Waals surface area contributed by atoms with E-state index >= 15 is 0 Å². The molecule has 114 valence electrons. The SMILES string of the molecule is COn1cnc(=N)c2ncn([C@@H]3O[C@H](CO)[C@@H](O)[C@H]3O)c21. The van der Waals surface area contributed by atoms with E-state index in [4.69, 9.17) is 20.1 Å². The second-order valence-corrected chi connectivity index (χ2v) is 4.65. The molecular weight excluding hydrogens is 282 g/mol. The molecule has 1 saturated heterocycles. The van der Waals surface area contributed by atoms with Crippen molar-refractivity contribution < 1.29 is 24.9 Å². The largest absolute Gasteiger partial charge is 0.414 e. The van der Waals surface area contributed by atoms with E-state index in [2.05, 4.69) is 9.97 Å². The van der Waals surface area contributed by atoms with Gasteiger partial charge in [0, 0.05) is 0 Å². The molecule has 1 aliphatic heterocycles. The van der Waals surface area contributed by atoms with Crippen molar-refractivity contribution >= 4 is 11.2 Å². The van der Waals surface area contributed by atoms with Crippen molar-refractivity contribution in [3.8, 4) is 0 Å². The van der Waals surface area contributed by atoms with Gasteiger partial charge in [0.15, 0.2) is 22.9 Å². The number of hydrogen-bond acceptors (Lipinski definition) is 8. The van der Waals surface area contributed by atoms with E-state index in [0.29, 0.717) is 5.65 Å². The summed E-state index contributed by atoms with van der Waals surface area (Å²) in [5.41, 5.74) is 0.563. The van der Waals surface area contributed by atoms with Crippen molar-refractivity contribution in [2.75, 3.05) is 13.7 Å². The lowest BCUT2D eigenvalue weighted by Crippen LogP contribution is -2.33. The van der Waals surface area contributed by atoms with E-state index < -0.39 is 31.1 Å². The first kappa shape index (κ1) is 13.9. The van der Waals surface area contributed by atoms with Crippen molar-refractivity contribution in [3.63, 3.8) is 0 Å². The Balaban J connectivity index is 2.14. The maximum atomic E-state index is 10.1. The molecule has 2 aromatic rings. The average molecular weight is 297 g/mol. The van der Waals surface area contributed by atoms with Crippen LogP contribution < -0.4 is 10.3 Å². The van der Waals surface area contributed by atoms with Gasteiger partial charge in [-0.15, -0.1) is 0 Å². The first-order valence-corrected chi connectivity index (χ1v) is 6.24. The molecule has 0 unspecified atom stereocenters. The quantitative estimate of drug-likeness (QED) is 0.486. The van der Waals surface area contributed by atoms with Gasteiger partial charge in [-0.3, -0.25) is 9.98 Å². The predicted octanol–water partition coefficient (Wildman–Crippen LogP) is -2.62. The minimum absolute atomic E-state index is 0.0520. The predicted molar refractivity (Wildman–Crippen MR) is 66.9 cm³/mol. The number of ether oxygens (including phenoxy) is 1. The molecule has 0 amide bonds. The molecule has 0 radical (unpaired) electrons. The Morgan fingerprint density at radius 1 is 1.33 bits per heavy atom. The van der Waals surface area contributed by atoms with E-state index in [1.165, 1.54) is 29.1 Å². The number of nitrogens with one attached hydrogen (secondary N) is 1. The van der Waals surface area contributed by atoms with Gasteiger partial charge in [-0.05, 0) is 0 Å². The zero-order valence-corrected chi connectivity index (χ0v) is 11.1. The second-order valence-electron chi connectivity index (χ2n) is 4.65. The molecule has 4 atom stereocenters. The number of hydrogen-bond donors (Lipinski definition) is 4. The van der Waals surface area contributed by atoms with Crippen LogP contribution >= 0.6 is 0 Å². The monoisotopic (exact) mass is 297 g/mol. The van der Waals surface area contributed by atoms with Gasteiger partial charge in [-0.1, -0.05) is 0 Å². The third-order valence-electron chi connectivity index (χ3n) is 3.48. The topological polar surface area (TPSA) is 139 Å². The van der Waals surface area contributed by atoms with Crippen LogP contribution in [0, 0.1) is 5.41 Å². The van der Waals surface area contributed by atoms with Gasteiger partial charge in [0.1, 0.15) is 31.7 Å². The maximum Gasteiger partial charge on any atom is 0.183 e. The summed E-state index contributed by atoms with van der Waals surface area (Å²) < 4.78 is 8.15. The molecular formula is C11H15N5O5. The van der Waals surface area contributed by atoms with Gasteiger partial charge in [0.25, 0.3) is 0 Å². The Bertz CT molecular complexity index is 713. The van der Waals surface area contributed by atoms with Crippen molar-refractivity contribution in [2.45, 2.75) is 24.5 Å². The lowest BCUT2D eigenvalue weighted by Gasteiger charge is -2.18. The van der Waals surface area contributed by atoms with Crippen LogP contribution in [0.15, 0.2) is 12.7 Å². The van der Waals surface area contributed by atoms with Crippen LogP contribution in [0.3, 0.4) is 0 Å². The second kappa shape index (κ2) is 5.07. The smallest absolute Gasteiger partial charge is 0.183 e. The van der Waals surface area contributed by atoms with E-state index in [0.717, 1.165) is 0 Å². The summed E-state index contributed by atoms with van der Waals surface area (Å²) in [6.07, 6.45) is -1.65. The molecule has 4 N–H and O–H groups in total. The van der Waals surface area contributed by atoms with Crippen LogP contribution in [0.1, 0.15) is 6.23 Å². The number of imidazole rings is 1. The van der Waals surface area contributed by atoms with E-state index in [1.807, 2.05) is 0 Å². The van der Waals surface area contributed by atoms with Crippen molar-refractivity contribution in [2.24, 2.45) is 0 Å². The van der Waals surface area contributed by atoms with Crippen molar-refractivity contribution in [1.29, 1.82) is 5.41 Å². The highest BCUT2D eigenvalue weighted by Crippen LogP contribution is 2.30. The lowest BCUT2D eigenvalue weighted by molar-refractivity contribution is -0.0520. The molecule has 0 aromatic carbocycles. The first-order chi connectivity index (χ1) is 10.1. The Kier molecular flexibility index (Phi) is 3.37. The Morgan fingerprint density at radius 3 is 2.71 bits per heavy atom. The van der Waals surface area contributed by atoms with E-state index in [-0.39, 0.29) is 11.0 Å². The molecule has 10 nitrogen and oxygen atoms in total. The summed E-state index contributed by atoms with van der Waals surface area (Å²) in [7, 11) is 1.42. The van der Waals surface area contributed by atoms with Crippen LogP contribution in [0.4, 0.5) is 0 Å². The number of fused-ring (bicyclic) bond motifs is 1. The van der Waals surface area contributed by atoms with Crippen LogP contribution in [-0.2, 0) is 4.74 Å². The highest BCUT2D eigenvalue weighted by molar-refractivity contribution is 5.69. The number of rotatable bonds is 3. The fraction of sp³-hybridized carbons (Fsp3) is 0.545. The summed E-state index contributed by atoms with van der Waals surface area (Å²) in [5.74, 6) is 0. The van der Waals surface area contributed by atoms with Gasteiger partial charge < -0.3 is 24.9 Å².